The van der Waals surface area contributed by atoms with Crippen LogP contribution in [0.5, 0.6) is 11.5 Å². The smallest absolute Gasteiger partial charge is 0.315 e. The van der Waals surface area contributed by atoms with E-state index in [4.69, 9.17) is 9.47 Å². The van der Waals surface area contributed by atoms with E-state index >= 15 is 0 Å². The van der Waals surface area contributed by atoms with Crippen LogP contribution < -0.4 is 20.1 Å². The number of thioether (sulfide) groups is 1. The van der Waals surface area contributed by atoms with Crippen LogP contribution in [0.25, 0.3) is 6.08 Å². The van der Waals surface area contributed by atoms with Gasteiger partial charge < -0.3 is 24.8 Å². The summed E-state index contributed by atoms with van der Waals surface area (Å²) in [6, 6.07) is 20.7. The zero-order valence-electron chi connectivity index (χ0n) is 20.1. The second kappa shape index (κ2) is 13.0. The molecule has 0 heterocycles. The fourth-order valence-corrected chi connectivity index (χ4v) is 3.82. The molecule has 9 heteroatoms. The number of carbonyl (C=O) groups is 3. The van der Waals surface area contributed by atoms with Crippen LogP contribution >= 0.6 is 11.8 Å². The Hall–Kier alpha value is -4.24. The Morgan fingerprint density at radius 2 is 1.61 bits per heavy atom. The molecule has 0 aliphatic carbocycles. The molecule has 8 nitrogen and oxygen atoms in total. The van der Waals surface area contributed by atoms with Gasteiger partial charge in [0.1, 0.15) is 17.2 Å². The molecule has 0 spiro atoms. The summed E-state index contributed by atoms with van der Waals surface area (Å²) in [5.41, 5.74) is 1.48. The molecule has 0 radical (unpaired) electrons. The Balaban J connectivity index is 1.86. The number of ether oxygens (including phenoxy) is 3. The van der Waals surface area contributed by atoms with Crippen LogP contribution in [0.4, 0.5) is 5.69 Å². The van der Waals surface area contributed by atoms with Gasteiger partial charge >= 0.3 is 5.97 Å². The predicted molar refractivity (Wildman–Crippen MR) is 139 cm³/mol. The van der Waals surface area contributed by atoms with Gasteiger partial charge in [0.2, 0.25) is 0 Å². The van der Waals surface area contributed by atoms with Gasteiger partial charge in [-0.1, -0.05) is 18.2 Å². The van der Waals surface area contributed by atoms with Crippen molar-refractivity contribution in [1.82, 2.24) is 5.32 Å². The maximum atomic E-state index is 13.2. The van der Waals surface area contributed by atoms with E-state index in [1.54, 1.807) is 72.8 Å². The van der Waals surface area contributed by atoms with E-state index in [0.29, 0.717) is 28.3 Å². The van der Waals surface area contributed by atoms with Crippen molar-refractivity contribution in [2.24, 2.45) is 0 Å². The van der Waals surface area contributed by atoms with Gasteiger partial charge in [-0.05, 0) is 60.7 Å². The average Bonchev–Trinajstić information content (AvgIpc) is 2.92. The van der Waals surface area contributed by atoms with Crippen molar-refractivity contribution in [2.45, 2.75) is 4.90 Å². The zero-order chi connectivity index (χ0) is 25.9. The topological polar surface area (TPSA) is 103 Å². The first-order chi connectivity index (χ1) is 17.4. The molecule has 0 aliphatic heterocycles. The molecule has 36 heavy (non-hydrogen) atoms. The zero-order valence-corrected chi connectivity index (χ0v) is 20.9. The number of anilines is 1. The molecule has 0 bridgehead atoms. The van der Waals surface area contributed by atoms with Crippen LogP contribution in [-0.2, 0) is 14.3 Å². The van der Waals surface area contributed by atoms with E-state index in [9.17, 15) is 14.4 Å². The third-order valence-electron chi connectivity index (χ3n) is 4.96. The van der Waals surface area contributed by atoms with Crippen LogP contribution in [0.15, 0.2) is 83.4 Å². The Kier molecular flexibility index (Phi) is 9.53. The summed E-state index contributed by atoms with van der Waals surface area (Å²) in [5.74, 6) is -0.0386. The van der Waals surface area contributed by atoms with Crippen molar-refractivity contribution in [2.75, 3.05) is 32.4 Å². The van der Waals surface area contributed by atoms with Gasteiger partial charge in [-0.25, -0.2) is 0 Å². The molecule has 0 unspecified atom stereocenters. The Bertz CT molecular complexity index is 1240. The minimum Gasteiger partial charge on any atom is -0.497 e. The third kappa shape index (κ3) is 7.38. The van der Waals surface area contributed by atoms with Crippen molar-refractivity contribution in [1.29, 1.82) is 0 Å². The van der Waals surface area contributed by atoms with Crippen LogP contribution in [0, 0.1) is 0 Å². The molecule has 0 saturated heterocycles. The molecule has 2 amide bonds. The summed E-state index contributed by atoms with van der Waals surface area (Å²) in [5, 5.41) is 5.49. The van der Waals surface area contributed by atoms with Gasteiger partial charge in [0.05, 0.1) is 27.1 Å². The van der Waals surface area contributed by atoms with Crippen molar-refractivity contribution in [3.05, 3.63) is 89.6 Å². The first-order valence-electron chi connectivity index (χ1n) is 10.8. The maximum absolute atomic E-state index is 13.2. The molecule has 3 aromatic carbocycles. The Labute approximate surface area is 213 Å². The van der Waals surface area contributed by atoms with E-state index in [0.717, 1.165) is 4.90 Å². The highest BCUT2D eigenvalue weighted by Gasteiger charge is 2.16. The van der Waals surface area contributed by atoms with Crippen LogP contribution in [0.1, 0.15) is 15.9 Å². The number of esters is 1. The van der Waals surface area contributed by atoms with Crippen LogP contribution in [-0.4, -0.2) is 44.9 Å². The highest BCUT2D eigenvalue weighted by molar-refractivity contribution is 8.00. The molecule has 3 aromatic rings. The van der Waals surface area contributed by atoms with Crippen molar-refractivity contribution in [3.8, 4) is 11.5 Å². The first-order valence-corrected chi connectivity index (χ1v) is 11.8. The Morgan fingerprint density at radius 1 is 0.889 bits per heavy atom. The summed E-state index contributed by atoms with van der Waals surface area (Å²) in [4.78, 5) is 38.3. The van der Waals surface area contributed by atoms with Gasteiger partial charge in [0.15, 0.2) is 0 Å². The maximum Gasteiger partial charge on any atom is 0.315 e. The monoisotopic (exact) mass is 506 g/mol. The number of hydrogen-bond acceptors (Lipinski definition) is 7. The van der Waals surface area contributed by atoms with E-state index in [-0.39, 0.29) is 17.4 Å². The fraction of sp³-hybridized carbons (Fsp3) is 0.148. The second-order valence-corrected chi connectivity index (χ2v) is 8.38. The van der Waals surface area contributed by atoms with Gasteiger partial charge in [-0.2, -0.15) is 0 Å². The van der Waals surface area contributed by atoms with E-state index in [2.05, 4.69) is 15.4 Å². The lowest BCUT2D eigenvalue weighted by Crippen LogP contribution is -2.30. The SMILES string of the molecule is COC(=O)CSc1ccc(NC(=O)/C(=C/c2cc(OC)ccc2OC)NC(=O)c2ccccc2)cc1. The lowest BCUT2D eigenvalue weighted by Gasteiger charge is -2.13. The minimum atomic E-state index is -0.529. The molecule has 0 aromatic heterocycles. The van der Waals surface area contributed by atoms with Gasteiger partial charge in [0, 0.05) is 21.7 Å². The van der Waals surface area contributed by atoms with E-state index in [1.165, 1.54) is 39.2 Å². The summed E-state index contributed by atoms with van der Waals surface area (Å²) in [6.07, 6.45) is 1.53. The number of carbonyl (C=O) groups excluding carboxylic acids is 3. The number of nitrogens with one attached hydrogen (secondary N) is 2. The van der Waals surface area contributed by atoms with Crippen LogP contribution in [0.2, 0.25) is 0 Å². The van der Waals surface area contributed by atoms with Crippen molar-refractivity contribution >= 4 is 41.3 Å². The highest BCUT2D eigenvalue weighted by atomic mass is 32.2. The molecule has 0 fully saturated rings. The van der Waals surface area contributed by atoms with E-state index < -0.39 is 11.8 Å². The Morgan fingerprint density at radius 3 is 2.25 bits per heavy atom. The number of benzene rings is 3. The molecule has 2 N–H and O–H groups in total. The van der Waals surface area contributed by atoms with Crippen LogP contribution in [0.3, 0.4) is 0 Å². The lowest BCUT2D eigenvalue weighted by molar-refractivity contribution is -0.137. The molecule has 0 saturated carbocycles. The lowest BCUT2D eigenvalue weighted by atomic mass is 10.1. The molecular formula is C27H26N2O6S. The molecule has 3 rings (SSSR count). The minimum absolute atomic E-state index is 0.0135. The molecular weight excluding hydrogens is 480 g/mol. The van der Waals surface area contributed by atoms with Crippen molar-refractivity contribution in [3.63, 3.8) is 0 Å². The predicted octanol–water partition coefficient (Wildman–Crippen LogP) is 4.38. The molecule has 186 valence electrons. The standard InChI is InChI=1S/C27H26N2O6S/c1-33-21-11-14-24(34-2)19(15-21)16-23(29-26(31)18-7-5-4-6-8-18)27(32)28-20-9-12-22(13-10-20)36-17-25(30)35-3/h4-16H,17H2,1-3H3,(H,28,32)(H,29,31)/b23-16-. The number of amides is 2. The highest BCUT2D eigenvalue weighted by Crippen LogP contribution is 2.26. The second-order valence-electron chi connectivity index (χ2n) is 7.33. The molecule has 0 aliphatic rings. The first kappa shape index (κ1) is 26.4. The summed E-state index contributed by atoms with van der Waals surface area (Å²) in [6.45, 7) is 0. The quantitative estimate of drug-likeness (QED) is 0.239. The van der Waals surface area contributed by atoms with Crippen molar-refractivity contribution < 1.29 is 28.6 Å². The summed E-state index contributed by atoms with van der Waals surface area (Å²) in [7, 11) is 4.39. The normalized spacial score (nSPS) is 10.8. The van der Waals surface area contributed by atoms with Gasteiger partial charge in [0.25, 0.3) is 11.8 Å². The molecule has 0 atom stereocenters. The average molecular weight is 507 g/mol. The van der Waals surface area contributed by atoms with Gasteiger partial charge in [-0.3, -0.25) is 14.4 Å². The third-order valence-corrected chi connectivity index (χ3v) is 5.95. The summed E-state index contributed by atoms with van der Waals surface area (Å²) >= 11 is 1.32. The largest absolute Gasteiger partial charge is 0.497 e. The number of methoxy groups -OCH3 is 3. The fourth-order valence-electron chi connectivity index (χ4n) is 3.08. The summed E-state index contributed by atoms with van der Waals surface area (Å²) < 4.78 is 15.4. The number of rotatable bonds is 10. The van der Waals surface area contributed by atoms with Gasteiger partial charge in [-0.15, -0.1) is 11.8 Å². The van der Waals surface area contributed by atoms with E-state index in [1.807, 2.05) is 0 Å². The number of hydrogen-bond donors (Lipinski definition) is 2.